The first kappa shape index (κ1) is 15.8. The first-order chi connectivity index (χ1) is 11.3. The second-order valence-corrected chi connectivity index (χ2v) is 6.17. The Balaban J connectivity index is 1.45. The first-order valence-corrected chi connectivity index (χ1v) is 8.40. The number of piperidine rings is 1. The molecular formula is C15H19N4O3S+. The fraction of sp³-hybridized carbons (Fsp3) is 0.467. The minimum Gasteiger partial charge on any atom is -0.445 e. The van der Waals surface area contributed by atoms with Crippen LogP contribution in [-0.4, -0.2) is 35.4 Å². The van der Waals surface area contributed by atoms with E-state index in [1.165, 1.54) is 0 Å². The Morgan fingerprint density at radius 2 is 2.04 bits per heavy atom. The molecule has 2 heterocycles. The van der Waals surface area contributed by atoms with Gasteiger partial charge in [-0.1, -0.05) is 30.3 Å². The largest absolute Gasteiger partial charge is 0.508 e. The molecule has 3 rings (SSSR count). The molecule has 0 saturated carbocycles. The van der Waals surface area contributed by atoms with Crippen molar-refractivity contribution < 1.29 is 13.7 Å². The molecule has 1 aromatic rings. The molecule has 1 atom stereocenters. The molecule has 0 aliphatic carbocycles. The van der Waals surface area contributed by atoms with Crippen molar-refractivity contribution in [2.75, 3.05) is 13.1 Å². The molecule has 0 radical (unpaired) electrons. The van der Waals surface area contributed by atoms with E-state index in [2.05, 4.69) is 15.8 Å². The molecule has 1 fully saturated rings. The van der Waals surface area contributed by atoms with E-state index < -0.39 is 5.50 Å². The Labute approximate surface area is 138 Å². The normalized spacial score (nSPS) is 21.5. The van der Waals surface area contributed by atoms with E-state index in [1.807, 2.05) is 30.3 Å². The van der Waals surface area contributed by atoms with Crippen molar-refractivity contribution in [2.24, 2.45) is 10.9 Å². The summed E-state index contributed by atoms with van der Waals surface area (Å²) in [5, 5.41) is 0. The van der Waals surface area contributed by atoms with E-state index in [0.29, 0.717) is 31.4 Å². The number of amidine groups is 1. The zero-order valence-electron chi connectivity index (χ0n) is 12.6. The van der Waals surface area contributed by atoms with Gasteiger partial charge in [-0.3, -0.25) is 0 Å². The molecule has 1 unspecified atom stereocenters. The average Bonchev–Trinajstić information content (AvgIpc) is 3.10. The number of hydrogen-bond donors (Lipinski definition) is 2. The van der Waals surface area contributed by atoms with Gasteiger partial charge in [0.2, 0.25) is 0 Å². The highest BCUT2D eigenvalue weighted by molar-refractivity contribution is 7.66. The van der Waals surface area contributed by atoms with Crippen molar-refractivity contribution in [3.8, 4) is 0 Å². The van der Waals surface area contributed by atoms with Crippen LogP contribution in [0, 0.1) is 5.92 Å². The molecule has 8 heteroatoms. The third-order valence-corrected chi connectivity index (χ3v) is 4.42. The maximum absolute atomic E-state index is 12.1. The van der Waals surface area contributed by atoms with Crippen LogP contribution in [0.3, 0.4) is 0 Å². The Bertz CT molecular complexity index is 588. The smallest absolute Gasteiger partial charge is 0.445 e. The molecular weight excluding hydrogens is 316 g/mol. The van der Waals surface area contributed by atoms with E-state index in [1.54, 1.807) is 4.90 Å². The molecule has 2 N–H and O–H groups in total. The molecule has 2 aliphatic heterocycles. The van der Waals surface area contributed by atoms with Gasteiger partial charge >= 0.3 is 23.3 Å². The first-order valence-electron chi connectivity index (χ1n) is 7.60. The summed E-state index contributed by atoms with van der Waals surface area (Å²) >= 11 is 0.414. The van der Waals surface area contributed by atoms with Gasteiger partial charge in [-0.2, -0.15) is 10.4 Å². The molecule has 1 aromatic carbocycles. The van der Waals surface area contributed by atoms with Gasteiger partial charge < -0.3 is 15.1 Å². The number of aliphatic imine (C=N–C) groups is 1. The molecule has 7 nitrogen and oxygen atoms in total. The summed E-state index contributed by atoms with van der Waals surface area (Å²) in [6.07, 6.45) is 1.34. The van der Waals surface area contributed by atoms with Gasteiger partial charge in [-0.15, -0.1) is 0 Å². The highest BCUT2D eigenvalue weighted by Gasteiger charge is 2.33. The third-order valence-electron chi connectivity index (χ3n) is 4.02. The summed E-state index contributed by atoms with van der Waals surface area (Å²) in [6.45, 7) is 1.56. The number of benzene rings is 1. The zero-order chi connectivity index (χ0) is 16.1. The van der Waals surface area contributed by atoms with Gasteiger partial charge in [-0.25, -0.2) is 4.79 Å². The second-order valence-electron chi connectivity index (χ2n) is 5.53. The molecule has 0 aromatic heterocycles. The predicted molar refractivity (Wildman–Crippen MR) is 86.5 cm³/mol. The van der Waals surface area contributed by atoms with Crippen molar-refractivity contribution in [2.45, 2.75) is 24.9 Å². The van der Waals surface area contributed by atoms with Crippen LogP contribution in [-0.2, 0) is 27.2 Å². The summed E-state index contributed by atoms with van der Waals surface area (Å²) in [6, 6.07) is 9.64. The Morgan fingerprint density at radius 3 is 2.70 bits per heavy atom. The Morgan fingerprint density at radius 1 is 1.30 bits per heavy atom. The van der Waals surface area contributed by atoms with Crippen molar-refractivity contribution in [1.29, 1.82) is 0 Å². The lowest BCUT2D eigenvalue weighted by atomic mass is 9.96. The minimum absolute atomic E-state index is 0.248. The highest BCUT2D eigenvalue weighted by atomic mass is 32.1. The monoisotopic (exact) mass is 335 g/mol. The van der Waals surface area contributed by atoms with Crippen LogP contribution in [0.2, 0.25) is 0 Å². The summed E-state index contributed by atoms with van der Waals surface area (Å²) in [5.74, 6) is 1.06. The Hall–Kier alpha value is -2.06. The maximum atomic E-state index is 12.1. The van der Waals surface area contributed by atoms with E-state index in [9.17, 15) is 9.00 Å². The van der Waals surface area contributed by atoms with E-state index >= 15 is 0 Å². The van der Waals surface area contributed by atoms with Crippen LogP contribution in [0.15, 0.2) is 35.3 Å². The zero-order valence-corrected chi connectivity index (χ0v) is 13.4. The second kappa shape index (κ2) is 7.47. The number of hydrogen-bond acceptors (Lipinski definition) is 6. The average molecular weight is 335 g/mol. The number of carbonyl (C=O) groups is 1. The van der Waals surface area contributed by atoms with Crippen molar-refractivity contribution in [3.05, 3.63) is 35.9 Å². The summed E-state index contributed by atoms with van der Waals surface area (Å²) in [7, 11) is 0. The fourth-order valence-electron chi connectivity index (χ4n) is 2.73. The summed E-state index contributed by atoms with van der Waals surface area (Å²) in [5.41, 5.74) is 6.30. The van der Waals surface area contributed by atoms with Crippen LogP contribution in [0.25, 0.3) is 0 Å². The van der Waals surface area contributed by atoms with Crippen molar-refractivity contribution in [1.82, 2.24) is 15.8 Å². The molecule has 1 saturated heterocycles. The van der Waals surface area contributed by atoms with Crippen LogP contribution in [0.4, 0.5) is 4.79 Å². The quantitative estimate of drug-likeness (QED) is 0.809. The molecule has 2 aliphatic rings. The topological polar surface area (TPSA) is 83.0 Å². The van der Waals surface area contributed by atoms with Gasteiger partial charge in [0.15, 0.2) is 0 Å². The minimum atomic E-state index is -0.459. The lowest BCUT2D eigenvalue weighted by Crippen LogP contribution is -2.44. The van der Waals surface area contributed by atoms with Crippen LogP contribution < -0.4 is 10.9 Å². The number of nitrogens with one attached hydrogen (secondary N) is 2. The number of carbonyl (C=O) groups excluding carboxylic acids is 1. The highest BCUT2D eigenvalue weighted by Crippen LogP contribution is 2.20. The molecule has 122 valence electrons. The van der Waals surface area contributed by atoms with Gasteiger partial charge in [0, 0.05) is 23.2 Å². The fourth-order valence-corrected chi connectivity index (χ4v) is 2.99. The Kier molecular flexibility index (Phi) is 5.14. The maximum Gasteiger partial charge on any atom is 0.508 e. The molecule has 0 spiro atoms. The third kappa shape index (κ3) is 4.02. The molecule has 1 amide bonds. The van der Waals surface area contributed by atoms with Gasteiger partial charge in [-0.05, 0) is 18.4 Å². The molecule has 23 heavy (non-hydrogen) atoms. The number of hydrazine groups is 1. The van der Waals surface area contributed by atoms with Crippen LogP contribution in [0.5, 0.6) is 0 Å². The van der Waals surface area contributed by atoms with Crippen LogP contribution in [0.1, 0.15) is 18.4 Å². The van der Waals surface area contributed by atoms with Crippen molar-refractivity contribution in [3.63, 3.8) is 0 Å². The summed E-state index contributed by atoms with van der Waals surface area (Å²) in [4.78, 5) is 18.1. The molecule has 0 bridgehead atoms. The SMILES string of the molecule is O=[S+]C1N=C(C2CCN(C(=O)OCc3ccccc3)CC2)NN1. The summed E-state index contributed by atoms with van der Waals surface area (Å²) < 4.78 is 16.1. The predicted octanol–water partition coefficient (Wildman–Crippen LogP) is 1.25. The number of rotatable bonds is 4. The van der Waals surface area contributed by atoms with Crippen molar-refractivity contribution >= 4 is 23.6 Å². The van der Waals surface area contributed by atoms with Gasteiger partial charge in [0.1, 0.15) is 12.4 Å². The number of likely N-dealkylation sites (tertiary alicyclic amines) is 1. The van der Waals surface area contributed by atoms with E-state index in [4.69, 9.17) is 4.74 Å². The number of amides is 1. The number of ether oxygens (including phenoxy) is 1. The lowest BCUT2D eigenvalue weighted by Gasteiger charge is -2.31. The van der Waals surface area contributed by atoms with E-state index in [-0.39, 0.29) is 12.0 Å². The van der Waals surface area contributed by atoms with Gasteiger partial charge in [0.05, 0.1) is 0 Å². The number of nitrogens with zero attached hydrogens (tertiary/aromatic N) is 2. The van der Waals surface area contributed by atoms with Crippen LogP contribution >= 0.6 is 0 Å². The van der Waals surface area contributed by atoms with E-state index in [0.717, 1.165) is 24.2 Å². The lowest BCUT2D eigenvalue weighted by molar-refractivity contribution is 0.0863. The standard InChI is InChI=1S/C15H19N4O3S/c20-15(22-10-11-4-2-1-3-5-11)19-8-6-12(7-9-19)13-16-14(23-21)18-17-13/h1-5,12,14,18H,6-10H2,(H,16,17)/q+1. The van der Waals surface area contributed by atoms with Gasteiger partial charge in [0.25, 0.3) is 0 Å².